The van der Waals surface area contributed by atoms with Crippen molar-refractivity contribution in [1.82, 2.24) is 4.90 Å². The van der Waals surface area contributed by atoms with Crippen molar-refractivity contribution in [2.45, 2.75) is 84.5 Å². The van der Waals surface area contributed by atoms with Gasteiger partial charge in [0, 0.05) is 12.4 Å². The molecule has 0 radical (unpaired) electrons. The average molecular weight is 290 g/mol. The number of halogens is 1. The second kappa shape index (κ2) is 16.3. The highest BCUT2D eigenvalue weighted by molar-refractivity contribution is 6.18. The third kappa shape index (κ3) is 14.5. The summed E-state index contributed by atoms with van der Waals surface area (Å²) in [4.78, 5) is 2.51. The Labute approximate surface area is 127 Å². The van der Waals surface area contributed by atoms with E-state index in [9.17, 15) is 0 Å². The van der Waals surface area contributed by atoms with Crippen LogP contribution in [0.4, 0.5) is 0 Å². The summed E-state index contributed by atoms with van der Waals surface area (Å²) < 4.78 is 0. The first kappa shape index (κ1) is 19.2. The summed E-state index contributed by atoms with van der Waals surface area (Å²) in [6.07, 6.45) is 15.4. The number of unbranched alkanes of at least 4 members (excludes halogenated alkanes) is 9. The molecule has 0 N–H and O–H groups in total. The predicted molar refractivity (Wildman–Crippen MR) is 89.3 cm³/mol. The van der Waals surface area contributed by atoms with Gasteiger partial charge in [-0.1, -0.05) is 71.6 Å². The zero-order chi connectivity index (χ0) is 14.2. The Bertz CT molecular complexity index is 155. The van der Waals surface area contributed by atoms with Crippen molar-refractivity contribution in [3.8, 4) is 0 Å². The molecule has 1 nitrogen and oxygen atoms in total. The first-order valence-electron chi connectivity index (χ1n) is 8.63. The van der Waals surface area contributed by atoms with Crippen LogP contribution >= 0.6 is 11.6 Å². The fraction of sp³-hybridized carbons (Fsp3) is 1.00. The first-order valence-corrected chi connectivity index (χ1v) is 9.16. The van der Waals surface area contributed by atoms with Crippen LogP contribution in [0.5, 0.6) is 0 Å². The van der Waals surface area contributed by atoms with Gasteiger partial charge in [0.15, 0.2) is 0 Å². The number of hydrogen-bond donors (Lipinski definition) is 0. The molecule has 19 heavy (non-hydrogen) atoms. The Morgan fingerprint density at radius 1 is 0.579 bits per heavy atom. The lowest BCUT2D eigenvalue weighted by Gasteiger charge is -2.20. The van der Waals surface area contributed by atoms with Crippen LogP contribution in [0.15, 0.2) is 0 Å². The maximum atomic E-state index is 5.82. The van der Waals surface area contributed by atoms with E-state index >= 15 is 0 Å². The first-order chi connectivity index (χ1) is 9.35. The van der Waals surface area contributed by atoms with Gasteiger partial charge in [-0.15, -0.1) is 11.6 Å². The molecule has 0 heterocycles. The zero-order valence-electron chi connectivity index (χ0n) is 13.4. The molecule has 0 saturated carbocycles. The molecule has 0 unspecified atom stereocenters. The Morgan fingerprint density at radius 3 is 1.58 bits per heavy atom. The minimum absolute atomic E-state index is 0.776. The summed E-state index contributed by atoms with van der Waals surface area (Å²) in [6, 6.07) is 0. The highest BCUT2D eigenvalue weighted by Gasteiger charge is 2.02. The molecule has 0 aromatic heterocycles. The zero-order valence-corrected chi connectivity index (χ0v) is 14.2. The number of hydrogen-bond acceptors (Lipinski definition) is 1. The molecule has 0 aliphatic carbocycles. The van der Waals surface area contributed by atoms with Gasteiger partial charge in [0.2, 0.25) is 0 Å². The molecule has 0 aliphatic rings. The molecule has 0 aromatic rings. The van der Waals surface area contributed by atoms with Crippen LogP contribution in [-0.4, -0.2) is 30.4 Å². The molecule has 0 amide bonds. The maximum absolute atomic E-state index is 5.82. The molecule has 0 aromatic carbocycles. The lowest BCUT2D eigenvalue weighted by molar-refractivity contribution is 0.282. The van der Waals surface area contributed by atoms with Crippen LogP contribution in [0, 0.1) is 0 Å². The summed E-state index contributed by atoms with van der Waals surface area (Å²) in [5.74, 6) is 0.776. The molecule has 0 bridgehead atoms. The minimum Gasteiger partial charge on any atom is -0.302 e. The largest absolute Gasteiger partial charge is 0.302 e. The van der Waals surface area contributed by atoms with Gasteiger partial charge in [-0.3, -0.25) is 0 Å². The van der Waals surface area contributed by atoms with Gasteiger partial charge in [0.05, 0.1) is 0 Å². The van der Waals surface area contributed by atoms with Gasteiger partial charge in [0.1, 0.15) is 0 Å². The molecule has 0 fully saturated rings. The molecular weight excluding hydrogens is 254 g/mol. The highest BCUT2D eigenvalue weighted by atomic mass is 35.5. The van der Waals surface area contributed by atoms with E-state index in [1.165, 1.54) is 83.7 Å². The Morgan fingerprint density at radius 2 is 1.11 bits per heavy atom. The van der Waals surface area contributed by atoms with Gasteiger partial charge in [-0.25, -0.2) is 0 Å². The Balaban J connectivity index is 3.20. The molecule has 0 spiro atoms. The topological polar surface area (TPSA) is 3.24 Å². The fourth-order valence-corrected chi connectivity index (χ4v) is 2.83. The lowest BCUT2D eigenvalue weighted by atomic mass is 10.1. The minimum atomic E-state index is 0.776. The van der Waals surface area contributed by atoms with Crippen molar-refractivity contribution < 1.29 is 0 Å². The van der Waals surface area contributed by atoms with Crippen LogP contribution in [0.25, 0.3) is 0 Å². The van der Waals surface area contributed by atoms with E-state index in [2.05, 4.69) is 18.7 Å². The summed E-state index contributed by atoms with van der Waals surface area (Å²) in [7, 11) is 0. The van der Waals surface area contributed by atoms with E-state index in [0.717, 1.165) is 12.4 Å². The van der Waals surface area contributed by atoms with Crippen molar-refractivity contribution in [3.05, 3.63) is 0 Å². The third-order valence-electron chi connectivity index (χ3n) is 3.77. The van der Waals surface area contributed by atoms with Gasteiger partial charge >= 0.3 is 0 Å². The van der Waals surface area contributed by atoms with E-state index in [0.29, 0.717) is 0 Å². The quantitative estimate of drug-likeness (QED) is 0.270. The monoisotopic (exact) mass is 289 g/mol. The summed E-state index contributed by atoms with van der Waals surface area (Å²) in [6.45, 7) is 8.06. The molecule has 0 aliphatic heterocycles. The fourth-order valence-electron chi connectivity index (χ4n) is 2.59. The average Bonchev–Trinajstić information content (AvgIpc) is 2.41. The van der Waals surface area contributed by atoms with Crippen LogP contribution < -0.4 is 0 Å². The van der Waals surface area contributed by atoms with Crippen LogP contribution in [0.2, 0.25) is 0 Å². The van der Waals surface area contributed by atoms with Gasteiger partial charge in [-0.05, 0) is 25.9 Å². The highest BCUT2D eigenvalue weighted by Crippen LogP contribution is 2.10. The standard InChI is InChI=1S/C17H36ClN/c1-3-5-6-7-8-9-10-11-12-13-16-19(15-4-2)17-14-18/h3-17H2,1-2H3. The van der Waals surface area contributed by atoms with Crippen molar-refractivity contribution in [1.29, 1.82) is 0 Å². The van der Waals surface area contributed by atoms with Crippen LogP contribution in [0.1, 0.15) is 84.5 Å². The summed E-state index contributed by atoms with van der Waals surface area (Å²) >= 11 is 5.82. The van der Waals surface area contributed by atoms with E-state index < -0.39 is 0 Å². The van der Waals surface area contributed by atoms with E-state index in [-0.39, 0.29) is 0 Å². The predicted octanol–water partition coefficient (Wildman–Crippen LogP) is 5.86. The van der Waals surface area contributed by atoms with Crippen LogP contribution in [0.3, 0.4) is 0 Å². The van der Waals surface area contributed by atoms with Gasteiger partial charge in [-0.2, -0.15) is 0 Å². The number of alkyl halides is 1. The molecule has 2 heteroatoms. The maximum Gasteiger partial charge on any atom is 0.0351 e. The van der Waals surface area contributed by atoms with Gasteiger partial charge in [0.25, 0.3) is 0 Å². The molecule has 0 rings (SSSR count). The SMILES string of the molecule is CCCCCCCCCCCCN(CCC)CCCl. The molecule has 0 atom stereocenters. The van der Waals surface area contributed by atoms with Crippen molar-refractivity contribution in [2.75, 3.05) is 25.5 Å². The number of rotatable bonds is 15. The third-order valence-corrected chi connectivity index (χ3v) is 3.94. The van der Waals surface area contributed by atoms with Crippen molar-refractivity contribution in [3.63, 3.8) is 0 Å². The molecule has 0 saturated heterocycles. The number of nitrogens with zero attached hydrogens (tertiary/aromatic N) is 1. The molecular formula is C17H36ClN. The normalized spacial score (nSPS) is 11.4. The second-order valence-electron chi connectivity index (χ2n) is 5.71. The van der Waals surface area contributed by atoms with Crippen molar-refractivity contribution >= 4 is 11.6 Å². The smallest absolute Gasteiger partial charge is 0.0351 e. The summed E-state index contributed by atoms with van der Waals surface area (Å²) in [5.41, 5.74) is 0. The summed E-state index contributed by atoms with van der Waals surface area (Å²) in [5, 5.41) is 0. The van der Waals surface area contributed by atoms with E-state index in [1.807, 2.05) is 0 Å². The van der Waals surface area contributed by atoms with Gasteiger partial charge < -0.3 is 4.90 Å². The Kier molecular flexibility index (Phi) is 16.5. The van der Waals surface area contributed by atoms with Crippen molar-refractivity contribution in [2.24, 2.45) is 0 Å². The Hall–Kier alpha value is 0.250. The van der Waals surface area contributed by atoms with E-state index in [1.54, 1.807) is 0 Å². The van der Waals surface area contributed by atoms with Crippen LogP contribution in [-0.2, 0) is 0 Å². The lowest BCUT2D eigenvalue weighted by Crippen LogP contribution is -2.27. The molecule has 116 valence electrons. The second-order valence-corrected chi connectivity index (χ2v) is 6.09. The van der Waals surface area contributed by atoms with E-state index in [4.69, 9.17) is 11.6 Å².